The molecule has 8 N–H and O–H groups in total. The highest BCUT2D eigenvalue weighted by atomic mass is 28.4. The Labute approximate surface area is 879 Å². The monoisotopic (exact) mass is 2050 g/mol. The van der Waals surface area contributed by atoms with E-state index in [-0.39, 0.29) is 114 Å². The molecule has 23 heteroatoms. The van der Waals surface area contributed by atoms with Crippen molar-refractivity contribution >= 4 is 48.5 Å². The number of benzene rings is 4. The molecule has 0 fully saturated rings. The first kappa shape index (κ1) is 123. The minimum absolute atomic E-state index is 0.00262. The molecule has 4 aromatic rings. The maximum absolute atomic E-state index is 12.7. The number of phenols is 2. The maximum atomic E-state index is 12.7. The van der Waals surface area contributed by atoms with E-state index < -0.39 is 47.8 Å². The molecule has 0 aromatic heterocycles. The van der Waals surface area contributed by atoms with Crippen LogP contribution in [0.25, 0.3) is 0 Å². The highest BCUT2D eigenvalue weighted by Crippen LogP contribution is 2.62. The van der Waals surface area contributed by atoms with Gasteiger partial charge in [-0.1, -0.05) is 292 Å². The molecule has 2 amide bonds. The SMILES string of the molecule is CC(C)(C)[Si](C)(C)C.CCCCCCC(C)(C)c1cc(O)c2c(c1)OC(C)(C)[C@@H]1CC=C(C(=O)NC#N)C[C@@H]21.CCCCCCC(C)(C)c1cc(O)c2c(c1)OC(C)(C)[C@@H]1CC=C(C(=O)O)C[C@@H]21.CCCCCCC(C)(C)c1cc2c(c(O[Si](C)(C)C(C)(C)C)c1)[C@@H]1CC(C(=O)NC#N)=CC[C@H]1C(C)(C)O2.CCCCCCC(C)(C)c1cc2c(c(O[Si](C)(C)C(C)(C)C)c1)[C@@H]1CC(C(=O)O)=CC[C@H]1C(C)(C)O2.N#CN. The number of aromatic hydroxyl groups is 2. The van der Waals surface area contributed by atoms with Crippen LogP contribution in [0.15, 0.2) is 95.1 Å². The second kappa shape index (κ2) is 49.2. The molecule has 20 nitrogen and oxygen atoms in total. The fraction of sp³-hybridized carbons (Fsp3) is 0.680. The van der Waals surface area contributed by atoms with E-state index in [1.54, 1.807) is 12.4 Å². The second-order valence-corrected chi connectivity index (χ2v) is 68.3. The molecule has 4 aliphatic heterocycles. The van der Waals surface area contributed by atoms with Crippen molar-refractivity contribution in [2.45, 2.75) is 509 Å². The number of nitrogens with zero attached hydrogens (tertiary/aromatic N) is 3. The summed E-state index contributed by atoms with van der Waals surface area (Å²) in [6.45, 7) is 81.1. The zero-order chi connectivity index (χ0) is 110. The molecule has 0 unspecified atom stereocenters. The first-order chi connectivity index (χ1) is 66.9. The van der Waals surface area contributed by atoms with Crippen molar-refractivity contribution < 1.29 is 67.4 Å². The van der Waals surface area contributed by atoms with Gasteiger partial charge in [-0.25, -0.2) is 9.59 Å². The minimum atomic E-state index is -2.16. The standard InChI is InChI=1S/C32H50N2O3Si.C31H50O4Si.C26H36N2O3.C25H36O4.C7H18Si.CH2N2/c1-11-12-13-14-17-31(5,6)23-19-26-28(27(20-23)37-38(9,10)30(2,3)4)24-18-22(29(35)34-21-33)15-16-25(24)32(7,8)36-26;1-11-12-13-14-17-30(5,6)22-19-25-27(26(20-22)35-36(9,10)29(2,3)4)23-18-21(28(32)33)15-16-24(23)31(7,8)34-25;1-6-7-8-9-12-25(2,3)18-14-21(29)23-19-13-17(24(30)28-16-27)10-11-20(19)26(4,5)31-22(23)15-18;1-6-7-8-9-12-24(2,3)17-14-20(26)22-18-13-16(23(27)28)10-11-19(18)25(4,5)29-21(22)15-17;1-7(2,3)8(4,5)6;2-1-3/h15,19-20,24-25H,11-14,16-18H2,1-10H3,(H,34,35);15,19-20,23-24H,11-14,16-18H2,1-10H3,(H,32,33);10,14-15,19-20,29H,6-9,11-13H2,1-5H3,(H,28,30);10,14-15,18-19,26H,6-9,11-13H2,1-5H3,(H,27,28);1-6H3;2H2/t24-,25-;23-,24-;19-,20-;18-,19-;;/m1111../s1. The summed E-state index contributed by atoms with van der Waals surface area (Å²) in [7, 11) is -5.16. The highest BCUT2D eigenvalue weighted by Gasteiger charge is 2.54. The Balaban J connectivity index is 0.000000254. The molecule has 145 heavy (non-hydrogen) atoms. The van der Waals surface area contributed by atoms with Crippen LogP contribution < -0.4 is 44.2 Å². The third kappa shape index (κ3) is 30.9. The van der Waals surface area contributed by atoms with E-state index in [0.717, 1.165) is 106 Å². The summed E-state index contributed by atoms with van der Waals surface area (Å²) in [5.41, 5.74) is 13.1. The number of nitrogens with two attached hydrogens (primary N) is 1. The predicted octanol–water partition coefficient (Wildman–Crippen LogP) is 32.2. The smallest absolute Gasteiger partial charge is 0.331 e. The molecular weight excluding hydrogens is 1860 g/mol. The number of fused-ring (bicyclic) bond motifs is 12. The second-order valence-electron chi connectivity index (χ2n) is 52.8. The molecule has 0 radical (unpaired) electrons. The van der Waals surface area contributed by atoms with Gasteiger partial charge < -0.3 is 54.0 Å². The molecule has 4 aromatic carbocycles. The predicted molar refractivity (Wildman–Crippen MR) is 601 cm³/mol. The summed E-state index contributed by atoms with van der Waals surface area (Å²) in [6, 6.07) is 17.0. The molecule has 8 aliphatic rings. The quantitative estimate of drug-likeness (QED) is 0.0103. The first-order valence-corrected chi connectivity index (χ1v) is 64.2. The third-order valence-corrected chi connectivity index (χ3v) is 48.2. The minimum Gasteiger partial charge on any atom is -0.543 e. The van der Waals surface area contributed by atoms with Crippen LogP contribution in [0.3, 0.4) is 0 Å². The average Bonchev–Trinajstić information content (AvgIpc) is 0.738. The number of allylic oxidation sites excluding steroid dienone is 4. The van der Waals surface area contributed by atoms with Crippen LogP contribution in [-0.2, 0) is 40.8 Å². The molecule has 4 heterocycles. The molecule has 806 valence electrons. The van der Waals surface area contributed by atoms with Crippen molar-refractivity contribution in [2.75, 3.05) is 0 Å². The lowest BCUT2D eigenvalue weighted by molar-refractivity contribution is -0.134. The van der Waals surface area contributed by atoms with E-state index in [9.17, 15) is 39.6 Å². The third-order valence-electron chi connectivity index (χ3n) is 35.0. The van der Waals surface area contributed by atoms with Gasteiger partial charge in [-0.3, -0.25) is 20.2 Å². The van der Waals surface area contributed by atoms with Crippen LogP contribution in [0.5, 0.6) is 46.0 Å². The number of rotatable bonds is 32. The summed E-state index contributed by atoms with van der Waals surface area (Å²) in [5, 5.41) is 71.6. The normalized spacial score (nSPS) is 20.9. The topological polar surface area (TPSA) is 326 Å². The van der Waals surface area contributed by atoms with Gasteiger partial charge >= 0.3 is 11.9 Å². The summed E-state index contributed by atoms with van der Waals surface area (Å²) in [6.07, 6.45) is 41.2. The summed E-state index contributed by atoms with van der Waals surface area (Å²) in [5.74, 6) is 4.08. The van der Waals surface area contributed by atoms with Crippen LogP contribution in [-0.4, -0.2) is 91.3 Å². The number of nitrogens with one attached hydrogen (secondary N) is 2. The molecular formula is C122H192N6O14Si3. The Hall–Kier alpha value is -8.96. The van der Waals surface area contributed by atoms with E-state index in [1.807, 2.05) is 36.4 Å². The number of nitriles is 3. The number of amides is 2. The zero-order valence-corrected chi connectivity index (χ0v) is 99.6. The summed E-state index contributed by atoms with van der Waals surface area (Å²) < 4.78 is 40.6. The van der Waals surface area contributed by atoms with Gasteiger partial charge in [-0.15, -0.1) is 0 Å². The van der Waals surface area contributed by atoms with Crippen LogP contribution in [0, 0.1) is 58.0 Å². The molecule has 0 bridgehead atoms. The van der Waals surface area contributed by atoms with Crippen LogP contribution in [0.4, 0.5) is 0 Å². The van der Waals surface area contributed by atoms with Gasteiger partial charge in [0.1, 0.15) is 68.4 Å². The van der Waals surface area contributed by atoms with Gasteiger partial charge in [-0.2, -0.15) is 15.8 Å². The van der Waals surface area contributed by atoms with Crippen molar-refractivity contribution in [2.24, 2.45) is 29.4 Å². The van der Waals surface area contributed by atoms with Crippen molar-refractivity contribution in [3.8, 4) is 64.6 Å². The summed E-state index contributed by atoms with van der Waals surface area (Å²) >= 11 is 0. The Morgan fingerprint density at radius 2 is 0.593 bits per heavy atom. The van der Waals surface area contributed by atoms with Gasteiger partial charge in [0, 0.05) is 100.0 Å². The summed E-state index contributed by atoms with van der Waals surface area (Å²) in [4.78, 5) is 48.4. The van der Waals surface area contributed by atoms with Crippen LogP contribution >= 0.6 is 0 Å². The number of phenolic OH excluding ortho intramolecular Hbond substituents is 2. The lowest BCUT2D eigenvalue weighted by Crippen LogP contribution is -2.47. The van der Waals surface area contributed by atoms with Crippen molar-refractivity contribution in [1.29, 1.82) is 15.8 Å². The number of carbonyl (C=O) groups is 4. The van der Waals surface area contributed by atoms with Gasteiger partial charge in [-0.05, 0) is 266 Å². The maximum Gasteiger partial charge on any atom is 0.331 e. The van der Waals surface area contributed by atoms with Crippen LogP contribution in [0.2, 0.25) is 60.9 Å². The number of unbranched alkanes of at least 4 members (excludes halogenated alkanes) is 12. The molecule has 0 saturated carbocycles. The molecule has 12 rings (SSSR count). The number of carboxylic acid groups (broad SMARTS) is 2. The van der Waals surface area contributed by atoms with Crippen LogP contribution in [0.1, 0.15) is 449 Å². The fourth-order valence-electron chi connectivity index (χ4n) is 21.7. The van der Waals surface area contributed by atoms with Gasteiger partial charge in [0.25, 0.3) is 11.8 Å². The number of aliphatic carboxylic acids is 2. The average molecular weight is 2050 g/mol. The Morgan fingerprint density at radius 3 is 0.814 bits per heavy atom. The van der Waals surface area contributed by atoms with E-state index in [2.05, 4.69) is 299 Å². The van der Waals surface area contributed by atoms with E-state index in [1.165, 1.54) is 114 Å². The Bertz CT molecular complexity index is 5390. The van der Waals surface area contributed by atoms with Gasteiger partial charge in [0.15, 0.2) is 18.6 Å². The fourth-order valence-corrected chi connectivity index (χ4v) is 23.7. The number of carbonyl (C=O) groups excluding carboxylic acids is 2. The molecule has 0 spiro atoms. The Kier molecular flexibility index (Phi) is 41.7. The zero-order valence-electron chi connectivity index (χ0n) is 96.6. The number of hydrogen-bond acceptors (Lipinski definition) is 16. The molecule has 4 aliphatic carbocycles. The number of carboxylic acids is 2. The van der Waals surface area contributed by atoms with E-state index in [0.29, 0.717) is 72.3 Å². The van der Waals surface area contributed by atoms with Gasteiger partial charge in [0.2, 0.25) is 16.6 Å². The lowest BCUT2D eigenvalue weighted by Gasteiger charge is -2.48. The highest BCUT2D eigenvalue weighted by molar-refractivity contribution is 6.79. The number of hydrogen-bond donors (Lipinski definition) is 7. The van der Waals surface area contributed by atoms with Crippen molar-refractivity contribution in [3.05, 3.63) is 140 Å². The van der Waals surface area contributed by atoms with E-state index >= 15 is 0 Å². The first-order valence-electron chi connectivity index (χ1n) is 54.8. The van der Waals surface area contributed by atoms with E-state index in [4.69, 9.17) is 43.6 Å². The Morgan fingerprint density at radius 1 is 0.372 bits per heavy atom. The van der Waals surface area contributed by atoms with Crippen molar-refractivity contribution in [1.82, 2.24) is 10.6 Å². The van der Waals surface area contributed by atoms with Crippen molar-refractivity contribution in [3.63, 3.8) is 0 Å². The number of ether oxygens (including phenoxy) is 4. The van der Waals surface area contributed by atoms with Gasteiger partial charge in [0.05, 0.1) is 0 Å². The lowest BCUT2D eigenvalue weighted by atomic mass is 9.66. The molecule has 8 atom stereocenters. The largest absolute Gasteiger partial charge is 0.543 e. The molecule has 0 saturated heterocycles.